The summed E-state index contributed by atoms with van der Waals surface area (Å²) in [6.07, 6.45) is 4.21. The number of benzene rings is 2. The van der Waals surface area contributed by atoms with Gasteiger partial charge in [-0.1, -0.05) is 24.3 Å². The molecule has 14 heavy (non-hydrogen) atoms. The number of nitrogens with zero attached hydrogens (tertiary/aromatic N) is 1. The van der Waals surface area contributed by atoms with Gasteiger partial charge in [0.2, 0.25) is 0 Å². The lowest BCUT2D eigenvalue weighted by atomic mass is 10.0. The maximum atomic E-state index is 4.42. The van der Waals surface area contributed by atoms with E-state index in [4.69, 9.17) is 0 Å². The average molecular weight is 181 g/mol. The summed E-state index contributed by atoms with van der Waals surface area (Å²) in [6, 6.07) is 12.9. The summed E-state index contributed by atoms with van der Waals surface area (Å²) in [4.78, 5) is 4.42. The van der Waals surface area contributed by atoms with Gasteiger partial charge in [-0.05, 0) is 41.3 Å². The number of hydrogen-bond donors (Lipinski definition) is 0. The largest absolute Gasteiger partial charge is 0.261 e. The lowest BCUT2D eigenvalue weighted by molar-refractivity contribution is 1.03. The van der Waals surface area contributed by atoms with Crippen molar-refractivity contribution < 1.29 is 0 Å². The second-order valence-electron chi connectivity index (χ2n) is 3.68. The summed E-state index contributed by atoms with van der Waals surface area (Å²) in [5, 5.41) is 2.61. The van der Waals surface area contributed by atoms with Crippen LogP contribution in [0.4, 0.5) is 5.69 Å². The van der Waals surface area contributed by atoms with Gasteiger partial charge in [-0.25, -0.2) is 0 Å². The molecule has 3 rings (SSSR count). The maximum Gasteiger partial charge on any atom is 0.0664 e. The second kappa shape index (κ2) is 2.95. The maximum absolute atomic E-state index is 4.42. The van der Waals surface area contributed by atoms with Crippen LogP contribution in [0.3, 0.4) is 0 Å². The van der Waals surface area contributed by atoms with Crippen LogP contribution >= 0.6 is 0 Å². The van der Waals surface area contributed by atoms with E-state index in [1.165, 1.54) is 16.3 Å². The first kappa shape index (κ1) is 7.74. The van der Waals surface area contributed by atoms with Crippen molar-refractivity contribution in [3.05, 3.63) is 42.0 Å². The van der Waals surface area contributed by atoms with E-state index >= 15 is 0 Å². The number of hydrogen-bond acceptors (Lipinski definition) is 1. The molecule has 2 aromatic rings. The minimum absolute atomic E-state index is 1.07. The third-order valence-corrected chi connectivity index (χ3v) is 2.72. The van der Waals surface area contributed by atoms with E-state index in [1.807, 2.05) is 6.21 Å². The highest BCUT2D eigenvalue weighted by Gasteiger charge is 2.06. The van der Waals surface area contributed by atoms with Gasteiger partial charge in [-0.2, -0.15) is 0 Å². The highest BCUT2D eigenvalue weighted by Crippen LogP contribution is 2.29. The van der Waals surface area contributed by atoms with Crippen LogP contribution in [0.5, 0.6) is 0 Å². The highest BCUT2D eigenvalue weighted by atomic mass is 14.7. The molecule has 2 aromatic carbocycles. The van der Waals surface area contributed by atoms with E-state index in [1.54, 1.807) is 0 Å². The van der Waals surface area contributed by atoms with Gasteiger partial charge in [-0.15, -0.1) is 0 Å². The molecular formula is C13H11N. The standard InChI is InChI=1S/C13H11N/c1-2-5-11-9-13-12(6-3-7-14-13)8-10(11)4-1/h1-2,4-5,7-9H,3,6H2. The van der Waals surface area contributed by atoms with Gasteiger partial charge in [0.15, 0.2) is 0 Å². The second-order valence-corrected chi connectivity index (χ2v) is 3.68. The molecule has 68 valence electrons. The Morgan fingerprint density at radius 1 is 1.00 bits per heavy atom. The molecule has 1 aliphatic heterocycles. The molecule has 0 aromatic heterocycles. The fraction of sp³-hybridized carbons (Fsp3) is 0.154. The predicted octanol–water partition coefficient (Wildman–Crippen LogP) is 3.49. The third-order valence-electron chi connectivity index (χ3n) is 2.72. The number of rotatable bonds is 0. The minimum atomic E-state index is 1.07. The molecule has 0 bridgehead atoms. The Balaban J connectivity index is 2.34. The van der Waals surface area contributed by atoms with Gasteiger partial charge < -0.3 is 0 Å². The highest BCUT2D eigenvalue weighted by molar-refractivity contribution is 5.88. The molecule has 1 nitrogen and oxygen atoms in total. The number of aryl methyl sites for hydroxylation is 1. The summed E-state index contributed by atoms with van der Waals surface area (Å²) in [5.41, 5.74) is 2.53. The van der Waals surface area contributed by atoms with Crippen molar-refractivity contribution in [2.45, 2.75) is 12.8 Å². The van der Waals surface area contributed by atoms with Crippen LogP contribution in [0, 0.1) is 0 Å². The van der Waals surface area contributed by atoms with Crippen molar-refractivity contribution in [2.75, 3.05) is 0 Å². The van der Waals surface area contributed by atoms with Crippen LogP contribution in [0.1, 0.15) is 12.0 Å². The fourth-order valence-electron chi connectivity index (χ4n) is 1.98. The Kier molecular flexibility index (Phi) is 1.63. The van der Waals surface area contributed by atoms with Crippen molar-refractivity contribution >= 4 is 22.7 Å². The van der Waals surface area contributed by atoms with E-state index in [-0.39, 0.29) is 0 Å². The van der Waals surface area contributed by atoms with Gasteiger partial charge in [-0.3, -0.25) is 4.99 Å². The molecule has 1 heterocycles. The Hall–Kier alpha value is -1.63. The first-order chi connectivity index (χ1) is 6.93. The van der Waals surface area contributed by atoms with Crippen LogP contribution in [-0.4, -0.2) is 6.21 Å². The smallest absolute Gasteiger partial charge is 0.0664 e. The fourth-order valence-corrected chi connectivity index (χ4v) is 1.98. The van der Waals surface area contributed by atoms with Crippen molar-refractivity contribution in [3.8, 4) is 0 Å². The first-order valence-electron chi connectivity index (χ1n) is 4.98. The number of fused-ring (bicyclic) bond motifs is 2. The van der Waals surface area contributed by atoms with Crippen LogP contribution in [0.2, 0.25) is 0 Å². The van der Waals surface area contributed by atoms with Crippen LogP contribution in [-0.2, 0) is 6.42 Å². The van der Waals surface area contributed by atoms with Gasteiger partial charge in [0.1, 0.15) is 0 Å². The van der Waals surface area contributed by atoms with E-state index in [0.29, 0.717) is 0 Å². The molecule has 0 atom stereocenters. The molecule has 0 amide bonds. The summed E-state index contributed by atoms with van der Waals surface area (Å²) < 4.78 is 0. The van der Waals surface area contributed by atoms with Crippen molar-refractivity contribution in [3.63, 3.8) is 0 Å². The molecule has 0 radical (unpaired) electrons. The normalized spacial score (nSPS) is 14.3. The molecule has 1 heteroatoms. The zero-order valence-corrected chi connectivity index (χ0v) is 7.90. The van der Waals surface area contributed by atoms with Crippen molar-refractivity contribution in [1.82, 2.24) is 0 Å². The summed E-state index contributed by atoms with van der Waals surface area (Å²) in [7, 11) is 0. The molecular weight excluding hydrogens is 170 g/mol. The lowest BCUT2D eigenvalue weighted by Crippen LogP contribution is -1.93. The van der Waals surface area contributed by atoms with E-state index in [9.17, 15) is 0 Å². The Labute approximate surface area is 83.1 Å². The quantitative estimate of drug-likeness (QED) is 0.590. The molecule has 0 aliphatic carbocycles. The van der Waals surface area contributed by atoms with E-state index in [2.05, 4.69) is 41.4 Å². The summed E-state index contributed by atoms with van der Waals surface area (Å²) >= 11 is 0. The lowest BCUT2D eigenvalue weighted by Gasteiger charge is -2.10. The van der Waals surface area contributed by atoms with E-state index < -0.39 is 0 Å². The predicted molar refractivity (Wildman–Crippen MR) is 60.4 cm³/mol. The molecule has 0 fully saturated rings. The SMILES string of the molecule is C1=Nc2cc3ccccc3cc2CC1. The summed E-state index contributed by atoms with van der Waals surface area (Å²) in [6.45, 7) is 0. The van der Waals surface area contributed by atoms with Crippen LogP contribution in [0.15, 0.2) is 41.4 Å². The van der Waals surface area contributed by atoms with Crippen LogP contribution < -0.4 is 0 Å². The van der Waals surface area contributed by atoms with E-state index in [0.717, 1.165) is 18.5 Å². The number of aliphatic imine (C=N–C) groups is 1. The molecule has 0 spiro atoms. The monoisotopic (exact) mass is 181 g/mol. The van der Waals surface area contributed by atoms with Gasteiger partial charge >= 0.3 is 0 Å². The topological polar surface area (TPSA) is 12.4 Å². The molecule has 0 unspecified atom stereocenters. The van der Waals surface area contributed by atoms with Crippen LogP contribution in [0.25, 0.3) is 10.8 Å². The van der Waals surface area contributed by atoms with Crippen molar-refractivity contribution in [1.29, 1.82) is 0 Å². The molecule has 0 N–H and O–H groups in total. The van der Waals surface area contributed by atoms with Crippen molar-refractivity contribution in [2.24, 2.45) is 4.99 Å². The summed E-state index contributed by atoms with van der Waals surface area (Å²) in [5.74, 6) is 0. The Bertz CT molecular complexity index is 512. The average Bonchev–Trinajstić information content (AvgIpc) is 2.26. The third kappa shape index (κ3) is 1.13. The zero-order valence-electron chi connectivity index (χ0n) is 7.90. The zero-order chi connectivity index (χ0) is 9.38. The Morgan fingerprint density at radius 3 is 2.64 bits per heavy atom. The molecule has 0 saturated heterocycles. The van der Waals surface area contributed by atoms with Gasteiger partial charge in [0, 0.05) is 6.21 Å². The minimum Gasteiger partial charge on any atom is -0.261 e. The Morgan fingerprint density at radius 2 is 1.79 bits per heavy atom. The first-order valence-corrected chi connectivity index (χ1v) is 4.98. The molecule has 0 saturated carbocycles. The van der Waals surface area contributed by atoms with Gasteiger partial charge in [0.25, 0.3) is 0 Å². The van der Waals surface area contributed by atoms with Gasteiger partial charge in [0.05, 0.1) is 5.69 Å². The molecule has 1 aliphatic rings.